The number of amides is 2. The summed E-state index contributed by atoms with van der Waals surface area (Å²) >= 11 is 0. The molecular formula is C19H16N2O4. The van der Waals surface area contributed by atoms with Crippen LogP contribution in [0.25, 0.3) is 11.0 Å². The van der Waals surface area contributed by atoms with Gasteiger partial charge in [-0.1, -0.05) is 36.4 Å². The maximum atomic E-state index is 12.2. The van der Waals surface area contributed by atoms with Crippen LogP contribution in [0.2, 0.25) is 0 Å². The van der Waals surface area contributed by atoms with E-state index in [-0.39, 0.29) is 18.2 Å². The number of furan rings is 1. The van der Waals surface area contributed by atoms with Crippen molar-refractivity contribution < 1.29 is 18.7 Å². The number of carbonyl (C=O) groups is 2. The fourth-order valence-corrected chi connectivity index (χ4v) is 2.83. The molecule has 0 bridgehead atoms. The third-order valence-corrected chi connectivity index (χ3v) is 4.08. The molecule has 1 saturated heterocycles. The summed E-state index contributed by atoms with van der Waals surface area (Å²) in [6.07, 6.45) is -0.810. The van der Waals surface area contributed by atoms with Gasteiger partial charge in [-0.25, -0.2) is 4.79 Å². The molecule has 0 saturated carbocycles. The summed E-state index contributed by atoms with van der Waals surface area (Å²) in [5.74, 6) is -0.0872. The number of hydrogen-bond donors (Lipinski definition) is 1. The first kappa shape index (κ1) is 15.3. The number of para-hydroxylation sites is 2. The van der Waals surface area contributed by atoms with Crippen molar-refractivity contribution in [3.8, 4) is 0 Å². The Morgan fingerprint density at radius 3 is 2.68 bits per heavy atom. The van der Waals surface area contributed by atoms with Gasteiger partial charge in [0.15, 0.2) is 5.76 Å². The standard InChI is InChI=1S/C19H16N2O4/c22-18(17-10-13-6-4-5-9-16(13)25-17)20-11-15-12-21(19(23)24-15)14-7-2-1-3-8-14/h1-10,15H,11-12H2,(H,20,22). The summed E-state index contributed by atoms with van der Waals surface area (Å²) in [4.78, 5) is 25.8. The highest BCUT2D eigenvalue weighted by Crippen LogP contribution is 2.21. The van der Waals surface area contributed by atoms with Crippen LogP contribution in [0.5, 0.6) is 0 Å². The topological polar surface area (TPSA) is 71.8 Å². The summed E-state index contributed by atoms with van der Waals surface area (Å²) in [7, 11) is 0. The molecule has 2 aromatic carbocycles. The van der Waals surface area contributed by atoms with E-state index in [0.717, 1.165) is 11.1 Å². The summed E-state index contributed by atoms with van der Waals surface area (Å²) in [5.41, 5.74) is 1.44. The van der Waals surface area contributed by atoms with E-state index < -0.39 is 12.2 Å². The fraction of sp³-hybridized carbons (Fsp3) is 0.158. The molecule has 3 aromatic rings. The quantitative estimate of drug-likeness (QED) is 0.794. The van der Waals surface area contributed by atoms with Gasteiger partial charge in [0.2, 0.25) is 0 Å². The molecule has 6 heteroatoms. The van der Waals surface area contributed by atoms with Crippen LogP contribution in [0.4, 0.5) is 10.5 Å². The van der Waals surface area contributed by atoms with Gasteiger partial charge in [0.25, 0.3) is 5.91 Å². The molecule has 6 nitrogen and oxygen atoms in total. The molecule has 126 valence electrons. The fourth-order valence-electron chi connectivity index (χ4n) is 2.83. The van der Waals surface area contributed by atoms with Gasteiger partial charge in [-0.3, -0.25) is 9.69 Å². The number of ether oxygens (including phenoxy) is 1. The SMILES string of the molecule is O=C(NCC1CN(c2ccccc2)C(=O)O1)c1cc2ccccc2o1. The zero-order valence-electron chi connectivity index (χ0n) is 13.3. The van der Waals surface area contributed by atoms with Crippen molar-refractivity contribution in [3.05, 3.63) is 66.4 Å². The number of rotatable bonds is 4. The van der Waals surface area contributed by atoms with Gasteiger partial charge in [-0.2, -0.15) is 0 Å². The molecular weight excluding hydrogens is 320 g/mol. The molecule has 0 spiro atoms. The molecule has 25 heavy (non-hydrogen) atoms. The van der Waals surface area contributed by atoms with Gasteiger partial charge >= 0.3 is 6.09 Å². The number of nitrogens with zero attached hydrogens (tertiary/aromatic N) is 1. The number of cyclic esters (lactones) is 1. The lowest BCUT2D eigenvalue weighted by molar-refractivity contribution is 0.0891. The van der Waals surface area contributed by atoms with Crippen LogP contribution in [-0.2, 0) is 4.74 Å². The molecule has 1 atom stereocenters. The largest absolute Gasteiger partial charge is 0.451 e. The average Bonchev–Trinajstić information content (AvgIpc) is 3.24. The Morgan fingerprint density at radius 1 is 1.12 bits per heavy atom. The second kappa shape index (κ2) is 6.32. The summed E-state index contributed by atoms with van der Waals surface area (Å²) in [6.45, 7) is 0.619. The number of carbonyl (C=O) groups excluding carboxylic acids is 2. The molecule has 1 aliphatic rings. The highest BCUT2D eigenvalue weighted by atomic mass is 16.6. The molecule has 1 unspecified atom stereocenters. The normalized spacial score (nSPS) is 16.9. The zero-order chi connectivity index (χ0) is 17.2. The van der Waals surface area contributed by atoms with Crippen molar-refractivity contribution in [2.24, 2.45) is 0 Å². The molecule has 1 fully saturated rings. The molecule has 0 radical (unpaired) electrons. The van der Waals surface area contributed by atoms with Gasteiger partial charge in [-0.05, 0) is 24.3 Å². The van der Waals surface area contributed by atoms with Crippen molar-refractivity contribution in [2.75, 3.05) is 18.0 Å². The smallest absolute Gasteiger partial charge is 0.414 e. The predicted octanol–water partition coefficient (Wildman–Crippen LogP) is 3.19. The molecule has 1 aromatic heterocycles. The Morgan fingerprint density at radius 2 is 1.88 bits per heavy atom. The lowest BCUT2D eigenvalue weighted by atomic mass is 10.2. The Kier molecular flexibility index (Phi) is 3.85. The minimum absolute atomic E-state index is 0.227. The van der Waals surface area contributed by atoms with E-state index in [1.165, 1.54) is 0 Å². The number of hydrogen-bond acceptors (Lipinski definition) is 4. The van der Waals surface area contributed by atoms with Crippen LogP contribution in [0.3, 0.4) is 0 Å². The van der Waals surface area contributed by atoms with Crippen LogP contribution in [0, 0.1) is 0 Å². The number of anilines is 1. The third-order valence-electron chi connectivity index (χ3n) is 4.08. The minimum atomic E-state index is -0.408. The second-order valence-corrected chi connectivity index (χ2v) is 5.81. The lowest BCUT2D eigenvalue weighted by Gasteiger charge is -2.12. The first-order chi connectivity index (χ1) is 12.2. The summed E-state index contributed by atoms with van der Waals surface area (Å²) < 4.78 is 10.8. The molecule has 4 rings (SSSR count). The van der Waals surface area contributed by atoms with Gasteiger partial charge in [-0.15, -0.1) is 0 Å². The third kappa shape index (κ3) is 3.06. The van der Waals surface area contributed by atoms with Crippen molar-refractivity contribution in [1.82, 2.24) is 5.32 Å². The van der Waals surface area contributed by atoms with E-state index in [4.69, 9.17) is 9.15 Å². The lowest BCUT2D eigenvalue weighted by Crippen LogP contribution is -2.34. The Balaban J connectivity index is 1.38. The Labute approximate surface area is 144 Å². The van der Waals surface area contributed by atoms with E-state index in [1.807, 2.05) is 54.6 Å². The minimum Gasteiger partial charge on any atom is -0.451 e. The highest BCUT2D eigenvalue weighted by Gasteiger charge is 2.32. The van der Waals surface area contributed by atoms with Crippen molar-refractivity contribution in [1.29, 1.82) is 0 Å². The summed E-state index contributed by atoms with van der Waals surface area (Å²) in [5, 5.41) is 3.63. The monoisotopic (exact) mass is 336 g/mol. The number of benzene rings is 2. The molecule has 2 heterocycles. The van der Waals surface area contributed by atoms with Crippen LogP contribution in [0.15, 0.2) is 65.1 Å². The van der Waals surface area contributed by atoms with E-state index >= 15 is 0 Å². The molecule has 0 aliphatic carbocycles. The van der Waals surface area contributed by atoms with Crippen LogP contribution < -0.4 is 10.2 Å². The van der Waals surface area contributed by atoms with Gasteiger partial charge < -0.3 is 14.5 Å². The van der Waals surface area contributed by atoms with Crippen molar-refractivity contribution >= 4 is 28.7 Å². The second-order valence-electron chi connectivity index (χ2n) is 5.81. The predicted molar refractivity (Wildman–Crippen MR) is 92.6 cm³/mol. The van der Waals surface area contributed by atoms with Gasteiger partial charge in [0.1, 0.15) is 11.7 Å². The van der Waals surface area contributed by atoms with Crippen molar-refractivity contribution in [3.63, 3.8) is 0 Å². The highest BCUT2D eigenvalue weighted by molar-refractivity contribution is 5.96. The first-order valence-electron chi connectivity index (χ1n) is 8.01. The van der Waals surface area contributed by atoms with E-state index in [1.54, 1.807) is 11.0 Å². The number of nitrogens with one attached hydrogen (secondary N) is 1. The Hall–Kier alpha value is -3.28. The van der Waals surface area contributed by atoms with Crippen LogP contribution >= 0.6 is 0 Å². The summed E-state index contributed by atoms with van der Waals surface area (Å²) in [6, 6.07) is 18.4. The molecule has 1 N–H and O–H groups in total. The van der Waals surface area contributed by atoms with Crippen molar-refractivity contribution in [2.45, 2.75) is 6.10 Å². The first-order valence-corrected chi connectivity index (χ1v) is 8.01. The number of fused-ring (bicyclic) bond motifs is 1. The average molecular weight is 336 g/mol. The van der Waals surface area contributed by atoms with Gasteiger partial charge in [0, 0.05) is 11.1 Å². The molecule has 1 aliphatic heterocycles. The van der Waals surface area contributed by atoms with E-state index in [0.29, 0.717) is 12.1 Å². The maximum Gasteiger partial charge on any atom is 0.414 e. The van der Waals surface area contributed by atoms with Gasteiger partial charge in [0.05, 0.1) is 13.1 Å². The van der Waals surface area contributed by atoms with Crippen LogP contribution in [0.1, 0.15) is 10.6 Å². The Bertz CT molecular complexity index is 886. The van der Waals surface area contributed by atoms with Crippen LogP contribution in [-0.4, -0.2) is 31.2 Å². The molecule has 2 amide bonds. The van der Waals surface area contributed by atoms with E-state index in [9.17, 15) is 9.59 Å². The van der Waals surface area contributed by atoms with E-state index in [2.05, 4.69) is 5.32 Å². The maximum absolute atomic E-state index is 12.2. The zero-order valence-corrected chi connectivity index (χ0v) is 13.3.